The largest absolute Gasteiger partial charge is 0.392 e. The van der Waals surface area contributed by atoms with E-state index in [4.69, 9.17) is 0 Å². The number of aliphatic hydroxyl groups excluding tert-OH is 1. The molecule has 2 aromatic carbocycles. The summed E-state index contributed by atoms with van der Waals surface area (Å²) in [4.78, 5) is 36.0. The van der Waals surface area contributed by atoms with Crippen molar-refractivity contribution >= 4 is 22.3 Å². The second-order valence-corrected chi connectivity index (χ2v) is 13.1. The SMILES string of the molecule is CN1CCN(Cc2ccc(Nc3cc(-c4cccc(-n5ncc6cc(C(C)(C)C)cc(F)c6c5=O)c4CO)nn(C)c3=O)nc2)CC1. The number of aromatic nitrogens is 5. The number of aryl methyl sites for hydroxylation is 1. The van der Waals surface area contributed by atoms with E-state index in [2.05, 4.69) is 37.3 Å². The zero-order valence-corrected chi connectivity index (χ0v) is 27.3. The number of hydrogen-bond acceptors (Lipinski definition) is 9. The predicted molar refractivity (Wildman–Crippen MR) is 181 cm³/mol. The molecule has 11 nitrogen and oxygen atoms in total. The molecule has 0 radical (unpaired) electrons. The Kier molecular flexibility index (Phi) is 8.75. The average Bonchev–Trinajstić information content (AvgIpc) is 3.04. The first-order valence-corrected chi connectivity index (χ1v) is 15.6. The molecule has 5 aromatic rings. The molecule has 0 bridgehead atoms. The fraction of sp³-hybridized carbons (Fsp3) is 0.343. The smallest absolute Gasteiger partial charge is 0.290 e. The van der Waals surface area contributed by atoms with Gasteiger partial charge in [0.2, 0.25) is 0 Å². The first-order chi connectivity index (χ1) is 22.4. The molecule has 2 N–H and O–H groups in total. The first-order valence-electron chi connectivity index (χ1n) is 15.6. The van der Waals surface area contributed by atoms with E-state index < -0.39 is 18.0 Å². The van der Waals surface area contributed by atoms with Crippen molar-refractivity contribution in [3.05, 3.63) is 104 Å². The van der Waals surface area contributed by atoms with Crippen LogP contribution in [0.3, 0.4) is 0 Å². The Bertz CT molecular complexity index is 2060. The van der Waals surface area contributed by atoms with Gasteiger partial charge in [-0.2, -0.15) is 14.9 Å². The highest BCUT2D eigenvalue weighted by atomic mass is 19.1. The van der Waals surface area contributed by atoms with Gasteiger partial charge in [-0.05, 0) is 53.9 Å². The summed E-state index contributed by atoms with van der Waals surface area (Å²) in [6.45, 7) is 10.3. The Morgan fingerprint density at radius 1 is 0.957 bits per heavy atom. The molecule has 0 unspecified atom stereocenters. The normalized spacial score (nSPS) is 14.5. The van der Waals surface area contributed by atoms with E-state index in [1.54, 1.807) is 30.3 Å². The maximum Gasteiger partial charge on any atom is 0.290 e. The van der Waals surface area contributed by atoms with Crippen LogP contribution in [0, 0.1) is 5.82 Å². The molecule has 1 saturated heterocycles. The highest BCUT2D eigenvalue weighted by molar-refractivity contribution is 5.83. The first kappa shape index (κ1) is 32.2. The minimum absolute atomic E-state index is 0.0870. The van der Waals surface area contributed by atoms with Gasteiger partial charge < -0.3 is 15.3 Å². The van der Waals surface area contributed by atoms with Gasteiger partial charge in [0.15, 0.2) is 0 Å². The number of hydrogen-bond donors (Lipinski definition) is 2. The maximum atomic E-state index is 15.4. The van der Waals surface area contributed by atoms with Gasteiger partial charge in [-0.25, -0.2) is 14.1 Å². The molecule has 1 aliphatic rings. The van der Waals surface area contributed by atoms with Crippen LogP contribution in [-0.4, -0.2) is 72.7 Å². The summed E-state index contributed by atoms with van der Waals surface area (Å²) in [5, 5.41) is 22.8. The topological polar surface area (TPSA) is 121 Å². The molecule has 0 saturated carbocycles. The quantitative estimate of drug-likeness (QED) is 0.273. The minimum atomic E-state index is -0.648. The Morgan fingerprint density at radius 3 is 2.40 bits per heavy atom. The van der Waals surface area contributed by atoms with Gasteiger partial charge in [0.1, 0.15) is 17.3 Å². The molecule has 1 fully saturated rings. The molecule has 0 aliphatic carbocycles. The van der Waals surface area contributed by atoms with Crippen molar-refractivity contribution < 1.29 is 9.50 Å². The summed E-state index contributed by atoms with van der Waals surface area (Å²) < 4.78 is 17.7. The molecule has 12 heteroatoms. The van der Waals surface area contributed by atoms with Crippen LogP contribution in [0.2, 0.25) is 0 Å². The number of halogens is 1. The van der Waals surface area contributed by atoms with E-state index in [9.17, 15) is 14.7 Å². The third-order valence-electron chi connectivity index (χ3n) is 8.67. The molecular formula is C35H39FN8O3. The Balaban J connectivity index is 1.33. The van der Waals surface area contributed by atoms with Gasteiger partial charge in [0.25, 0.3) is 11.1 Å². The second-order valence-electron chi connectivity index (χ2n) is 13.1. The van der Waals surface area contributed by atoms with E-state index >= 15 is 4.39 Å². The van der Waals surface area contributed by atoms with Gasteiger partial charge in [-0.3, -0.25) is 14.5 Å². The van der Waals surface area contributed by atoms with Crippen LogP contribution in [0.15, 0.2) is 70.5 Å². The molecule has 6 rings (SSSR count). The van der Waals surface area contributed by atoms with Crippen LogP contribution in [0.1, 0.15) is 37.5 Å². The van der Waals surface area contributed by atoms with Crippen LogP contribution in [0.4, 0.5) is 15.9 Å². The summed E-state index contributed by atoms with van der Waals surface area (Å²) in [5.74, 6) is -0.132. The summed E-state index contributed by atoms with van der Waals surface area (Å²) >= 11 is 0. The summed E-state index contributed by atoms with van der Waals surface area (Å²) in [7, 11) is 3.67. The van der Waals surface area contributed by atoms with Crippen molar-refractivity contribution in [1.82, 2.24) is 34.3 Å². The van der Waals surface area contributed by atoms with Crippen molar-refractivity contribution in [2.24, 2.45) is 7.05 Å². The van der Waals surface area contributed by atoms with Crippen molar-refractivity contribution in [3.8, 4) is 16.9 Å². The lowest BCUT2D eigenvalue weighted by molar-refractivity contribution is 0.148. The average molecular weight is 639 g/mol. The fourth-order valence-electron chi connectivity index (χ4n) is 5.84. The lowest BCUT2D eigenvalue weighted by atomic mass is 9.86. The number of likely N-dealkylation sites (N-methyl/N-ethyl adjacent to an activating group) is 1. The zero-order chi connectivity index (χ0) is 33.5. The van der Waals surface area contributed by atoms with E-state index in [0.717, 1.165) is 48.5 Å². The van der Waals surface area contributed by atoms with E-state index in [1.165, 1.54) is 24.0 Å². The Morgan fingerprint density at radius 2 is 1.72 bits per heavy atom. The van der Waals surface area contributed by atoms with E-state index in [-0.39, 0.29) is 27.7 Å². The number of nitrogens with one attached hydrogen (secondary N) is 1. The maximum absolute atomic E-state index is 15.4. The monoisotopic (exact) mass is 638 g/mol. The van der Waals surface area contributed by atoms with Gasteiger partial charge in [-0.15, -0.1) is 0 Å². The van der Waals surface area contributed by atoms with Gasteiger partial charge in [-0.1, -0.05) is 39.0 Å². The third kappa shape index (κ3) is 6.57. The Hall–Kier alpha value is -4.78. The van der Waals surface area contributed by atoms with Gasteiger partial charge in [0, 0.05) is 62.5 Å². The highest BCUT2D eigenvalue weighted by Crippen LogP contribution is 2.30. The van der Waals surface area contributed by atoms with Crippen molar-refractivity contribution in [3.63, 3.8) is 0 Å². The number of nitrogens with zero attached hydrogens (tertiary/aromatic N) is 7. The highest BCUT2D eigenvalue weighted by Gasteiger charge is 2.21. The molecule has 244 valence electrons. The van der Waals surface area contributed by atoms with E-state index in [0.29, 0.717) is 28.0 Å². The lowest BCUT2D eigenvalue weighted by Gasteiger charge is -2.32. The molecular weight excluding hydrogens is 599 g/mol. The zero-order valence-electron chi connectivity index (χ0n) is 27.3. The molecule has 47 heavy (non-hydrogen) atoms. The number of aliphatic hydroxyl groups is 1. The second kappa shape index (κ2) is 12.8. The number of benzene rings is 2. The van der Waals surface area contributed by atoms with Gasteiger partial charge >= 0.3 is 0 Å². The molecule has 1 aliphatic heterocycles. The number of piperazine rings is 1. The van der Waals surface area contributed by atoms with Crippen LogP contribution in [-0.2, 0) is 25.6 Å². The number of anilines is 2. The molecule has 0 amide bonds. The number of rotatable bonds is 7. The lowest BCUT2D eigenvalue weighted by Crippen LogP contribution is -2.43. The fourth-order valence-corrected chi connectivity index (χ4v) is 5.84. The van der Waals surface area contributed by atoms with Crippen LogP contribution in [0.25, 0.3) is 27.7 Å². The van der Waals surface area contributed by atoms with Crippen LogP contribution in [0.5, 0.6) is 0 Å². The summed E-state index contributed by atoms with van der Waals surface area (Å²) in [5.41, 5.74) is 2.23. The van der Waals surface area contributed by atoms with E-state index in [1.807, 2.05) is 39.1 Å². The Labute approximate surface area is 271 Å². The third-order valence-corrected chi connectivity index (χ3v) is 8.67. The predicted octanol–water partition coefficient (Wildman–Crippen LogP) is 3.96. The van der Waals surface area contributed by atoms with Crippen molar-refractivity contribution in [1.29, 1.82) is 0 Å². The van der Waals surface area contributed by atoms with Crippen LogP contribution < -0.4 is 16.4 Å². The summed E-state index contributed by atoms with van der Waals surface area (Å²) in [6.07, 6.45) is 3.26. The molecule has 3 aromatic heterocycles. The minimum Gasteiger partial charge on any atom is -0.392 e. The van der Waals surface area contributed by atoms with Crippen molar-refractivity contribution in [2.45, 2.75) is 39.3 Å². The number of fused-ring (bicyclic) bond motifs is 1. The number of pyridine rings is 1. The van der Waals surface area contributed by atoms with Crippen molar-refractivity contribution in [2.75, 3.05) is 38.5 Å². The summed E-state index contributed by atoms with van der Waals surface area (Å²) in [6, 6.07) is 13.6. The molecule has 0 atom stereocenters. The van der Waals surface area contributed by atoms with Gasteiger partial charge in [0.05, 0.1) is 29.6 Å². The van der Waals surface area contributed by atoms with Crippen LogP contribution >= 0.6 is 0 Å². The molecule has 0 spiro atoms. The molecule has 4 heterocycles. The standard InChI is InChI=1S/C35H39FN8O3/c1-35(2,3)24-15-23-19-38-44(34(47)32(23)27(36)16-24)30-8-6-7-25(26(30)21-45)28-17-29(33(46)42(5)40-28)39-31-10-9-22(18-37-31)20-43-13-11-41(4)12-14-43/h6-10,15-19,45H,11-14,20-21H2,1-5H3,(H,37,39).